The van der Waals surface area contributed by atoms with Crippen molar-refractivity contribution in [2.75, 3.05) is 0 Å². The molecule has 0 aliphatic heterocycles. The lowest BCUT2D eigenvalue weighted by atomic mass is 9.76. The van der Waals surface area contributed by atoms with Gasteiger partial charge in [-0.1, -0.05) is 36.4 Å². The predicted octanol–water partition coefficient (Wildman–Crippen LogP) is 4.14. The van der Waals surface area contributed by atoms with E-state index in [2.05, 4.69) is 30.3 Å². The highest BCUT2D eigenvalue weighted by atomic mass is 16.5. The maximum atomic E-state index is 10.2. The lowest BCUT2D eigenvalue weighted by Crippen LogP contribution is -2.35. The fourth-order valence-corrected chi connectivity index (χ4v) is 3.17. The van der Waals surface area contributed by atoms with Gasteiger partial charge in [0.2, 0.25) is 0 Å². The van der Waals surface area contributed by atoms with Gasteiger partial charge in [0, 0.05) is 0 Å². The van der Waals surface area contributed by atoms with Crippen LogP contribution in [0.2, 0.25) is 0 Å². The highest BCUT2D eigenvalue weighted by Gasteiger charge is 2.30. The smallest absolute Gasteiger partial charge is 0.120 e. The molecule has 0 radical (unpaired) electrons. The summed E-state index contributed by atoms with van der Waals surface area (Å²) in [4.78, 5) is 0. The monoisotopic (exact) mass is 296 g/mol. The van der Waals surface area contributed by atoms with Crippen molar-refractivity contribution in [2.45, 2.75) is 45.3 Å². The summed E-state index contributed by atoms with van der Waals surface area (Å²) in [5.41, 5.74) is 3.30. The van der Waals surface area contributed by atoms with Crippen molar-refractivity contribution < 1.29 is 9.84 Å². The topological polar surface area (TPSA) is 29.5 Å². The summed E-state index contributed by atoms with van der Waals surface area (Å²) in [7, 11) is 0. The van der Waals surface area contributed by atoms with E-state index in [0.717, 1.165) is 25.0 Å². The molecule has 0 fully saturated rings. The zero-order valence-corrected chi connectivity index (χ0v) is 13.4. The molecule has 1 unspecified atom stereocenters. The Morgan fingerprint density at radius 3 is 2.59 bits per heavy atom. The molecule has 22 heavy (non-hydrogen) atoms. The molecule has 2 heteroatoms. The van der Waals surface area contributed by atoms with Crippen LogP contribution < -0.4 is 4.74 Å². The van der Waals surface area contributed by atoms with Gasteiger partial charge in [-0.3, -0.25) is 0 Å². The molecular weight excluding hydrogens is 272 g/mol. The van der Waals surface area contributed by atoms with Gasteiger partial charge < -0.3 is 9.84 Å². The fourth-order valence-electron chi connectivity index (χ4n) is 3.17. The minimum atomic E-state index is -0.597. The van der Waals surface area contributed by atoms with Crippen molar-refractivity contribution in [1.82, 2.24) is 0 Å². The largest absolute Gasteiger partial charge is 0.489 e. The molecule has 0 amide bonds. The van der Waals surface area contributed by atoms with Crippen LogP contribution in [0.5, 0.6) is 5.75 Å². The van der Waals surface area contributed by atoms with Crippen LogP contribution in [0.25, 0.3) is 0 Å². The summed E-state index contributed by atoms with van der Waals surface area (Å²) < 4.78 is 5.90. The van der Waals surface area contributed by atoms with Gasteiger partial charge in [0.25, 0.3) is 0 Å². The molecule has 1 atom stereocenters. The van der Waals surface area contributed by atoms with Crippen molar-refractivity contribution in [3.05, 3.63) is 65.2 Å². The van der Waals surface area contributed by atoms with Crippen LogP contribution in [0.1, 0.15) is 37.0 Å². The summed E-state index contributed by atoms with van der Waals surface area (Å²) in [6.45, 7) is 4.44. The summed E-state index contributed by atoms with van der Waals surface area (Å²) in [5.74, 6) is 1.28. The van der Waals surface area contributed by atoms with E-state index in [1.165, 1.54) is 16.7 Å². The maximum absolute atomic E-state index is 10.2. The van der Waals surface area contributed by atoms with Gasteiger partial charge in [0.15, 0.2) is 0 Å². The van der Waals surface area contributed by atoms with Gasteiger partial charge in [-0.2, -0.15) is 0 Å². The number of fused-ring (bicyclic) bond motifs is 1. The van der Waals surface area contributed by atoms with Crippen molar-refractivity contribution in [1.29, 1.82) is 0 Å². The highest BCUT2D eigenvalue weighted by Crippen LogP contribution is 2.34. The van der Waals surface area contributed by atoms with Crippen molar-refractivity contribution in [3.8, 4) is 5.75 Å². The standard InChI is InChI=1S/C20H24O2/c1-20(2,21)18-10-8-17-13-19(11-9-16(17)12-18)22-14-15-6-4-3-5-7-15/h3-7,9,11,13,18,21H,8,10,12,14H2,1-2H3. The number of ether oxygens (including phenoxy) is 1. The molecule has 2 nitrogen and oxygen atoms in total. The van der Waals surface area contributed by atoms with Gasteiger partial charge in [-0.05, 0) is 67.9 Å². The molecule has 0 heterocycles. The average molecular weight is 296 g/mol. The van der Waals surface area contributed by atoms with Gasteiger partial charge in [-0.15, -0.1) is 0 Å². The number of benzene rings is 2. The minimum absolute atomic E-state index is 0.344. The SMILES string of the molecule is CC(C)(O)C1CCc2cc(OCc3ccccc3)ccc2C1. The summed E-state index contributed by atoms with van der Waals surface area (Å²) in [6, 6.07) is 16.6. The quantitative estimate of drug-likeness (QED) is 0.918. The maximum Gasteiger partial charge on any atom is 0.120 e. The fraction of sp³-hybridized carbons (Fsp3) is 0.400. The second-order valence-electron chi connectivity index (χ2n) is 6.80. The second-order valence-corrected chi connectivity index (χ2v) is 6.80. The van der Waals surface area contributed by atoms with Crippen LogP contribution in [0.15, 0.2) is 48.5 Å². The van der Waals surface area contributed by atoms with E-state index >= 15 is 0 Å². The molecule has 116 valence electrons. The normalized spacial score (nSPS) is 17.9. The third kappa shape index (κ3) is 3.50. The van der Waals surface area contributed by atoms with E-state index in [1.54, 1.807) is 0 Å². The minimum Gasteiger partial charge on any atom is -0.489 e. The van der Waals surface area contributed by atoms with Crippen LogP contribution >= 0.6 is 0 Å². The summed E-state index contributed by atoms with van der Waals surface area (Å²) in [5, 5.41) is 10.2. The van der Waals surface area contributed by atoms with Crippen LogP contribution in [0.3, 0.4) is 0 Å². The first-order chi connectivity index (χ1) is 10.5. The number of hydrogen-bond donors (Lipinski definition) is 1. The molecule has 0 bridgehead atoms. The first-order valence-corrected chi connectivity index (χ1v) is 8.03. The molecule has 1 aliphatic carbocycles. The summed E-state index contributed by atoms with van der Waals surface area (Å²) >= 11 is 0. The number of rotatable bonds is 4. The molecule has 0 spiro atoms. The van der Waals surface area contributed by atoms with Gasteiger partial charge in [-0.25, -0.2) is 0 Å². The van der Waals surface area contributed by atoms with Gasteiger partial charge in [0.1, 0.15) is 12.4 Å². The van der Waals surface area contributed by atoms with Crippen LogP contribution in [0, 0.1) is 5.92 Å². The Hall–Kier alpha value is -1.80. The highest BCUT2D eigenvalue weighted by molar-refractivity contribution is 5.38. The Bertz CT molecular complexity index is 626. The van der Waals surface area contributed by atoms with E-state index in [0.29, 0.717) is 12.5 Å². The Morgan fingerprint density at radius 1 is 1.09 bits per heavy atom. The molecule has 1 aliphatic rings. The predicted molar refractivity (Wildman–Crippen MR) is 89.0 cm³/mol. The van der Waals surface area contributed by atoms with E-state index in [9.17, 15) is 5.11 Å². The molecule has 0 saturated carbocycles. The summed E-state index contributed by atoms with van der Waals surface area (Å²) in [6.07, 6.45) is 3.02. The van der Waals surface area contributed by atoms with E-state index in [1.807, 2.05) is 32.0 Å². The molecule has 2 aromatic rings. The second kappa shape index (κ2) is 6.13. The van der Waals surface area contributed by atoms with Crippen LogP contribution in [-0.4, -0.2) is 10.7 Å². The molecule has 0 saturated heterocycles. The zero-order valence-electron chi connectivity index (χ0n) is 13.4. The molecule has 1 N–H and O–H groups in total. The first-order valence-electron chi connectivity index (χ1n) is 8.03. The van der Waals surface area contributed by atoms with Crippen LogP contribution in [-0.2, 0) is 19.4 Å². The average Bonchev–Trinajstić information content (AvgIpc) is 2.52. The molecule has 0 aromatic heterocycles. The Balaban J connectivity index is 1.68. The Kier molecular flexibility index (Phi) is 4.21. The lowest BCUT2D eigenvalue weighted by Gasteiger charge is -2.33. The Morgan fingerprint density at radius 2 is 1.86 bits per heavy atom. The van der Waals surface area contributed by atoms with Gasteiger partial charge >= 0.3 is 0 Å². The van der Waals surface area contributed by atoms with Crippen molar-refractivity contribution >= 4 is 0 Å². The van der Waals surface area contributed by atoms with Crippen molar-refractivity contribution in [2.24, 2.45) is 5.92 Å². The van der Waals surface area contributed by atoms with Crippen LogP contribution in [0.4, 0.5) is 0 Å². The molecule has 2 aromatic carbocycles. The van der Waals surface area contributed by atoms with E-state index in [-0.39, 0.29) is 0 Å². The molecule has 3 rings (SSSR count). The van der Waals surface area contributed by atoms with E-state index < -0.39 is 5.60 Å². The third-order valence-corrected chi connectivity index (χ3v) is 4.65. The Labute approximate surface area is 132 Å². The van der Waals surface area contributed by atoms with Crippen molar-refractivity contribution in [3.63, 3.8) is 0 Å². The van der Waals surface area contributed by atoms with E-state index in [4.69, 9.17) is 4.74 Å². The number of aliphatic hydroxyl groups is 1. The molecular formula is C20H24O2. The third-order valence-electron chi connectivity index (χ3n) is 4.65. The lowest BCUT2D eigenvalue weighted by molar-refractivity contribution is 0.0110. The first kappa shape index (κ1) is 15.1. The van der Waals surface area contributed by atoms with Gasteiger partial charge in [0.05, 0.1) is 5.60 Å². The number of hydrogen-bond acceptors (Lipinski definition) is 2. The zero-order chi connectivity index (χ0) is 15.6. The number of aryl methyl sites for hydroxylation is 1.